The Kier molecular flexibility index (Phi) is 2.33. The molecule has 2 nitrogen and oxygen atoms in total. The van der Waals surface area contributed by atoms with Gasteiger partial charge in [0.1, 0.15) is 9.33 Å². The fourth-order valence-electron chi connectivity index (χ4n) is 1.62. The SMILES string of the molecule is CC1(C)C=C2C(=O)C[S+](Br)C2OC1. The normalized spacial score (nSPS) is 37.2. The molecule has 0 aromatic carbocycles. The van der Waals surface area contributed by atoms with Gasteiger partial charge in [-0.3, -0.25) is 4.79 Å². The number of carbonyl (C=O) groups is 1. The number of ether oxygens (including phenoxy) is 1. The topological polar surface area (TPSA) is 26.3 Å². The molecular formula is C9H12BrO2S+. The van der Waals surface area contributed by atoms with Gasteiger partial charge in [0.15, 0.2) is 5.75 Å². The van der Waals surface area contributed by atoms with Gasteiger partial charge in [0.2, 0.25) is 20.6 Å². The fraction of sp³-hybridized carbons (Fsp3) is 0.667. The van der Waals surface area contributed by atoms with Gasteiger partial charge in [-0.1, -0.05) is 19.9 Å². The van der Waals surface area contributed by atoms with E-state index in [4.69, 9.17) is 4.74 Å². The molecule has 1 saturated heterocycles. The zero-order chi connectivity index (χ0) is 9.64. The maximum atomic E-state index is 11.5. The molecule has 0 aromatic rings. The minimum Gasteiger partial charge on any atom is -0.328 e. The van der Waals surface area contributed by atoms with Crippen LogP contribution in [0, 0.1) is 5.41 Å². The number of hydrogen-bond acceptors (Lipinski definition) is 2. The first-order chi connectivity index (χ1) is 5.99. The zero-order valence-electron chi connectivity index (χ0n) is 7.67. The summed E-state index contributed by atoms with van der Waals surface area (Å²) in [5.74, 6) is 0.852. The summed E-state index contributed by atoms with van der Waals surface area (Å²) in [5.41, 5.74) is 0.931. The van der Waals surface area contributed by atoms with Crippen molar-refractivity contribution < 1.29 is 9.53 Å². The third-order valence-electron chi connectivity index (χ3n) is 2.23. The van der Waals surface area contributed by atoms with Crippen molar-refractivity contribution in [1.29, 1.82) is 0 Å². The first kappa shape index (κ1) is 9.74. The standard InChI is InChI=1S/C9H12BrO2S/c1-9(2)3-6-7(11)4-13(10)8(6)12-5-9/h3,8H,4-5H2,1-2H3/q+1. The van der Waals surface area contributed by atoms with Gasteiger partial charge < -0.3 is 4.74 Å². The van der Waals surface area contributed by atoms with Crippen LogP contribution >= 0.6 is 14.8 Å². The lowest BCUT2D eigenvalue weighted by Gasteiger charge is -2.27. The summed E-state index contributed by atoms with van der Waals surface area (Å²) in [6.07, 6.45) is 2.08. The molecule has 0 amide bonds. The van der Waals surface area contributed by atoms with Crippen LogP contribution in [0.4, 0.5) is 0 Å². The Morgan fingerprint density at radius 1 is 1.69 bits per heavy atom. The van der Waals surface area contributed by atoms with Gasteiger partial charge in [-0.15, -0.1) is 0 Å². The third-order valence-corrected chi connectivity index (χ3v) is 5.33. The number of halogens is 1. The molecule has 2 aliphatic rings. The van der Waals surface area contributed by atoms with Crippen LogP contribution < -0.4 is 0 Å². The Bertz CT molecular complexity index is 285. The van der Waals surface area contributed by atoms with E-state index in [1.54, 1.807) is 0 Å². The molecule has 0 spiro atoms. The van der Waals surface area contributed by atoms with E-state index in [9.17, 15) is 4.79 Å². The molecule has 2 heterocycles. The number of carbonyl (C=O) groups excluding carboxylic acids is 1. The summed E-state index contributed by atoms with van der Waals surface area (Å²) >= 11 is 3.50. The second-order valence-electron chi connectivity index (χ2n) is 4.16. The molecule has 4 heteroatoms. The lowest BCUT2D eigenvalue weighted by atomic mass is 9.89. The van der Waals surface area contributed by atoms with Crippen LogP contribution in [0.5, 0.6) is 0 Å². The molecule has 1 fully saturated rings. The van der Waals surface area contributed by atoms with Crippen LogP contribution in [0.1, 0.15) is 13.8 Å². The van der Waals surface area contributed by atoms with Crippen LogP contribution in [0.15, 0.2) is 11.6 Å². The summed E-state index contributed by atoms with van der Waals surface area (Å²) in [5, 5.41) is 0. The maximum Gasteiger partial charge on any atom is 0.259 e. The van der Waals surface area contributed by atoms with E-state index < -0.39 is 0 Å². The van der Waals surface area contributed by atoms with Crippen molar-refractivity contribution in [3.05, 3.63) is 11.6 Å². The maximum absolute atomic E-state index is 11.5. The first-order valence-electron chi connectivity index (χ1n) is 4.23. The lowest BCUT2D eigenvalue weighted by Crippen LogP contribution is -2.31. The predicted molar refractivity (Wildman–Crippen MR) is 57.8 cm³/mol. The average Bonchev–Trinajstić information content (AvgIpc) is 2.26. The van der Waals surface area contributed by atoms with E-state index in [-0.39, 0.29) is 26.0 Å². The molecule has 2 unspecified atom stereocenters. The van der Waals surface area contributed by atoms with E-state index in [1.807, 2.05) is 0 Å². The van der Waals surface area contributed by atoms with E-state index in [0.29, 0.717) is 12.4 Å². The Balaban J connectivity index is 2.35. The molecule has 2 atom stereocenters. The van der Waals surface area contributed by atoms with Gasteiger partial charge in [0.05, 0.1) is 12.2 Å². The molecule has 0 bridgehead atoms. The number of rotatable bonds is 0. The summed E-state index contributed by atoms with van der Waals surface area (Å²) in [6, 6.07) is 0. The van der Waals surface area contributed by atoms with Crippen LogP contribution in [-0.2, 0) is 18.9 Å². The van der Waals surface area contributed by atoms with Crippen LogP contribution in [-0.4, -0.2) is 23.6 Å². The number of Topliss-reactive ketones (excluding diaryl/α,β-unsaturated/α-hetero) is 1. The van der Waals surface area contributed by atoms with Crippen molar-refractivity contribution in [3.63, 3.8) is 0 Å². The molecule has 0 radical (unpaired) electrons. The highest BCUT2D eigenvalue weighted by Crippen LogP contribution is 2.38. The van der Waals surface area contributed by atoms with Crippen LogP contribution in [0.3, 0.4) is 0 Å². The van der Waals surface area contributed by atoms with Crippen LogP contribution in [0.25, 0.3) is 0 Å². The third kappa shape index (κ3) is 1.72. The van der Waals surface area contributed by atoms with E-state index >= 15 is 0 Å². The van der Waals surface area contributed by atoms with Gasteiger partial charge in [-0.25, -0.2) is 0 Å². The Labute approximate surface area is 88.3 Å². The predicted octanol–water partition coefficient (Wildman–Crippen LogP) is 1.81. The van der Waals surface area contributed by atoms with Crippen molar-refractivity contribution in [2.45, 2.75) is 19.3 Å². The molecule has 2 rings (SSSR count). The summed E-state index contributed by atoms with van der Waals surface area (Å²) < 4.78 is 5.68. The molecule has 2 aliphatic heterocycles. The Morgan fingerprint density at radius 3 is 3.08 bits per heavy atom. The van der Waals surface area contributed by atoms with Crippen molar-refractivity contribution in [3.8, 4) is 0 Å². The molecule has 0 aliphatic carbocycles. The van der Waals surface area contributed by atoms with Gasteiger partial charge in [-0.05, 0) is 0 Å². The smallest absolute Gasteiger partial charge is 0.259 e. The molecule has 0 saturated carbocycles. The Morgan fingerprint density at radius 2 is 2.38 bits per heavy atom. The quantitative estimate of drug-likeness (QED) is 0.624. The van der Waals surface area contributed by atoms with Crippen LogP contribution in [0.2, 0.25) is 0 Å². The molecule has 0 N–H and O–H groups in total. The van der Waals surface area contributed by atoms with Gasteiger partial charge in [0.25, 0.3) is 5.44 Å². The first-order valence-corrected chi connectivity index (χ1v) is 7.53. The largest absolute Gasteiger partial charge is 0.328 e. The Hall–Kier alpha value is 0.200. The van der Waals surface area contributed by atoms with Gasteiger partial charge in [0, 0.05) is 5.41 Å². The van der Waals surface area contributed by atoms with E-state index in [2.05, 4.69) is 34.7 Å². The summed E-state index contributed by atoms with van der Waals surface area (Å²) in [7, 11) is -0.0802. The van der Waals surface area contributed by atoms with Crippen molar-refractivity contribution >= 4 is 29.9 Å². The lowest BCUT2D eigenvalue weighted by molar-refractivity contribution is -0.114. The summed E-state index contributed by atoms with van der Waals surface area (Å²) in [4.78, 5) is 11.5. The molecule has 0 aromatic heterocycles. The highest BCUT2D eigenvalue weighted by Gasteiger charge is 2.50. The van der Waals surface area contributed by atoms with E-state index in [1.165, 1.54) is 0 Å². The zero-order valence-corrected chi connectivity index (χ0v) is 10.1. The van der Waals surface area contributed by atoms with Crippen molar-refractivity contribution in [2.24, 2.45) is 5.41 Å². The number of fused-ring (bicyclic) bond motifs is 1. The summed E-state index contributed by atoms with van der Waals surface area (Å²) in [6.45, 7) is 4.89. The minimum atomic E-state index is -0.0802. The molecule has 13 heavy (non-hydrogen) atoms. The van der Waals surface area contributed by atoms with Crippen molar-refractivity contribution in [2.75, 3.05) is 12.4 Å². The second-order valence-corrected chi connectivity index (χ2v) is 8.11. The van der Waals surface area contributed by atoms with E-state index in [0.717, 1.165) is 5.57 Å². The highest BCUT2D eigenvalue weighted by atomic mass is 79.9. The fourth-order valence-corrected chi connectivity index (χ4v) is 4.43. The average molecular weight is 264 g/mol. The second kappa shape index (κ2) is 3.11. The number of ketones is 1. The van der Waals surface area contributed by atoms with Gasteiger partial charge in [-0.2, -0.15) is 0 Å². The highest BCUT2D eigenvalue weighted by molar-refractivity contribution is 9.48. The minimum absolute atomic E-state index is 0.0169. The molecule has 72 valence electrons. The monoisotopic (exact) mass is 263 g/mol. The van der Waals surface area contributed by atoms with Gasteiger partial charge >= 0.3 is 0 Å². The molecular weight excluding hydrogens is 252 g/mol. The van der Waals surface area contributed by atoms with Crippen molar-refractivity contribution in [1.82, 2.24) is 0 Å². The number of hydrogen-bond donors (Lipinski definition) is 0.